The van der Waals surface area contributed by atoms with Crippen LogP contribution in [0.5, 0.6) is 11.5 Å². The number of carbonyl (C=O) groups excluding carboxylic acids is 1. The van der Waals surface area contributed by atoms with Gasteiger partial charge >= 0.3 is 6.18 Å². The topological polar surface area (TPSA) is 60.0 Å². The number of hydrogen-bond acceptors (Lipinski definition) is 5. The van der Waals surface area contributed by atoms with Crippen molar-refractivity contribution in [2.24, 2.45) is 0 Å². The number of nitrogens with one attached hydrogen (secondary N) is 1. The van der Waals surface area contributed by atoms with E-state index in [0.717, 1.165) is 17.7 Å². The highest BCUT2D eigenvalue weighted by Crippen LogP contribution is 2.36. The predicted octanol–water partition coefficient (Wildman–Crippen LogP) is 3.88. The molecule has 0 aromatic heterocycles. The van der Waals surface area contributed by atoms with E-state index >= 15 is 0 Å². The average Bonchev–Trinajstić information content (AvgIpc) is 2.72. The summed E-state index contributed by atoms with van der Waals surface area (Å²) in [6.07, 6.45) is -4.52. The molecule has 0 aliphatic carbocycles. The molecule has 1 N–H and O–H groups in total. The number of ether oxygens (including phenoxy) is 3. The van der Waals surface area contributed by atoms with Gasteiger partial charge < -0.3 is 24.4 Å². The monoisotopic (exact) mass is 424 g/mol. The van der Waals surface area contributed by atoms with Crippen LogP contribution in [-0.4, -0.2) is 45.9 Å². The fourth-order valence-electron chi connectivity index (χ4n) is 3.12. The Hall–Kier alpha value is -2.94. The number of alkyl halides is 3. The summed E-state index contributed by atoms with van der Waals surface area (Å²) >= 11 is 0. The molecule has 0 bridgehead atoms. The molecule has 162 valence electrons. The highest BCUT2D eigenvalue weighted by Gasteiger charge is 2.32. The van der Waals surface area contributed by atoms with E-state index in [1.807, 2.05) is 11.8 Å². The first kappa shape index (κ1) is 21.8. The Morgan fingerprint density at radius 1 is 1.13 bits per heavy atom. The molecular formula is C21H23F3N2O4. The smallest absolute Gasteiger partial charge is 0.416 e. The van der Waals surface area contributed by atoms with Crippen LogP contribution >= 0.6 is 0 Å². The van der Waals surface area contributed by atoms with Gasteiger partial charge in [-0.05, 0) is 42.8 Å². The van der Waals surface area contributed by atoms with E-state index in [2.05, 4.69) is 5.32 Å². The summed E-state index contributed by atoms with van der Waals surface area (Å²) in [5.41, 5.74) is 0.711. The first-order chi connectivity index (χ1) is 14.3. The van der Waals surface area contributed by atoms with Crippen LogP contribution in [0.3, 0.4) is 0 Å². The number of hydrogen-bond donors (Lipinski definition) is 1. The minimum absolute atomic E-state index is 0.0798. The van der Waals surface area contributed by atoms with Crippen molar-refractivity contribution in [3.63, 3.8) is 0 Å². The Morgan fingerprint density at radius 3 is 2.53 bits per heavy atom. The lowest BCUT2D eigenvalue weighted by molar-refractivity contribution is -0.137. The Morgan fingerprint density at radius 2 is 1.87 bits per heavy atom. The third-order valence-electron chi connectivity index (χ3n) is 4.63. The standard InChI is InChI=1S/C21H23F3N2O4/c1-14-3-6-18(19(11-14)28-2)30-13-20(27)25-16-12-15(21(22,23)24)4-5-17(16)26-7-9-29-10-8-26/h3-6,11-12H,7-10,13H2,1-2H3,(H,25,27). The van der Waals surface area contributed by atoms with Gasteiger partial charge in [-0.3, -0.25) is 4.79 Å². The molecule has 0 atom stereocenters. The maximum Gasteiger partial charge on any atom is 0.416 e. The number of carbonyl (C=O) groups is 1. The van der Waals surface area contributed by atoms with Crippen molar-refractivity contribution in [1.82, 2.24) is 0 Å². The summed E-state index contributed by atoms with van der Waals surface area (Å²) in [4.78, 5) is 14.3. The number of rotatable bonds is 6. The van der Waals surface area contributed by atoms with Crippen LogP contribution in [-0.2, 0) is 15.7 Å². The van der Waals surface area contributed by atoms with Crippen LogP contribution < -0.4 is 19.7 Å². The second-order valence-electron chi connectivity index (χ2n) is 6.82. The third kappa shape index (κ3) is 5.35. The van der Waals surface area contributed by atoms with Crippen LogP contribution in [0.25, 0.3) is 0 Å². The van der Waals surface area contributed by atoms with Crippen LogP contribution in [0, 0.1) is 6.92 Å². The normalized spacial score (nSPS) is 14.4. The fourth-order valence-corrected chi connectivity index (χ4v) is 3.12. The van der Waals surface area contributed by atoms with Crippen LogP contribution in [0.1, 0.15) is 11.1 Å². The molecule has 0 saturated carbocycles. The molecular weight excluding hydrogens is 401 g/mol. The highest BCUT2D eigenvalue weighted by molar-refractivity contribution is 5.95. The Balaban J connectivity index is 1.77. The number of morpholine rings is 1. The Kier molecular flexibility index (Phi) is 6.71. The van der Waals surface area contributed by atoms with Crippen molar-refractivity contribution in [3.05, 3.63) is 47.5 Å². The SMILES string of the molecule is COc1cc(C)ccc1OCC(=O)Nc1cc(C(F)(F)F)ccc1N1CCOCC1. The van der Waals surface area contributed by atoms with Crippen molar-refractivity contribution < 1.29 is 32.2 Å². The first-order valence-electron chi connectivity index (χ1n) is 9.39. The van der Waals surface area contributed by atoms with Gasteiger partial charge in [0.2, 0.25) is 0 Å². The van der Waals surface area contributed by atoms with Gasteiger partial charge in [0, 0.05) is 13.1 Å². The summed E-state index contributed by atoms with van der Waals surface area (Å²) in [5, 5.41) is 2.55. The molecule has 1 aliphatic rings. The lowest BCUT2D eigenvalue weighted by Crippen LogP contribution is -2.37. The van der Waals surface area contributed by atoms with Gasteiger partial charge in [0.25, 0.3) is 5.91 Å². The zero-order valence-corrected chi connectivity index (χ0v) is 16.7. The molecule has 0 radical (unpaired) electrons. The summed E-state index contributed by atoms with van der Waals surface area (Å²) in [5.74, 6) is 0.262. The number of amides is 1. The maximum atomic E-state index is 13.2. The predicted molar refractivity (Wildman–Crippen MR) is 106 cm³/mol. The number of benzene rings is 2. The molecule has 30 heavy (non-hydrogen) atoms. The van der Waals surface area contributed by atoms with Gasteiger partial charge in [0.15, 0.2) is 18.1 Å². The second kappa shape index (κ2) is 9.25. The number of aryl methyl sites for hydroxylation is 1. The van der Waals surface area contributed by atoms with Gasteiger partial charge in [-0.25, -0.2) is 0 Å². The van der Waals surface area contributed by atoms with Gasteiger partial charge in [0.1, 0.15) is 0 Å². The zero-order valence-electron chi connectivity index (χ0n) is 16.7. The molecule has 0 spiro atoms. The number of methoxy groups -OCH3 is 1. The molecule has 9 heteroatoms. The van der Waals surface area contributed by atoms with Gasteiger partial charge in [-0.1, -0.05) is 6.07 Å². The van der Waals surface area contributed by atoms with Crippen molar-refractivity contribution in [2.45, 2.75) is 13.1 Å². The first-order valence-corrected chi connectivity index (χ1v) is 9.39. The van der Waals surface area contributed by atoms with Crippen LogP contribution in [0.4, 0.5) is 24.5 Å². The molecule has 1 saturated heterocycles. The van der Waals surface area contributed by atoms with Crippen molar-refractivity contribution in [1.29, 1.82) is 0 Å². The van der Waals surface area contributed by atoms with Gasteiger partial charge in [0.05, 0.1) is 37.3 Å². The molecule has 1 heterocycles. The lowest BCUT2D eigenvalue weighted by atomic mass is 10.1. The van der Waals surface area contributed by atoms with E-state index < -0.39 is 17.6 Å². The Bertz CT molecular complexity index is 896. The van der Waals surface area contributed by atoms with E-state index in [1.165, 1.54) is 13.2 Å². The van der Waals surface area contributed by atoms with Crippen molar-refractivity contribution >= 4 is 17.3 Å². The summed E-state index contributed by atoms with van der Waals surface area (Å²) in [7, 11) is 1.49. The summed E-state index contributed by atoms with van der Waals surface area (Å²) in [6.45, 7) is 3.48. The molecule has 1 aliphatic heterocycles. The minimum Gasteiger partial charge on any atom is -0.493 e. The Labute approximate surface area is 172 Å². The van der Waals surface area contributed by atoms with Gasteiger partial charge in [-0.15, -0.1) is 0 Å². The van der Waals surface area contributed by atoms with E-state index in [4.69, 9.17) is 14.2 Å². The largest absolute Gasteiger partial charge is 0.493 e. The average molecular weight is 424 g/mol. The van der Waals surface area contributed by atoms with Crippen LogP contribution in [0.15, 0.2) is 36.4 Å². The van der Waals surface area contributed by atoms with Crippen molar-refractivity contribution in [3.8, 4) is 11.5 Å². The number of halogens is 3. The quantitative estimate of drug-likeness (QED) is 0.763. The molecule has 6 nitrogen and oxygen atoms in total. The highest BCUT2D eigenvalue weighted by atomic mass is 19.4. The molecule has 1 amide bonds. The van der Waals surface area contributed by atoms with E-state index in [-0.39, 0.29) is 12.3 Å². The lowest BCUT2D eigenvalue weighted by Gasteiger charge is -2.31. The summed E-state index contributed by atoms with van der Waals surface area (Å²) < 4.78 is 55.6. The summed E-state index contributed by atoms with van der Waals surface area (Å²) in [6, 6.07) is 8.55. The maximum absolute atomic E-state index is 13.2. The van der Waals surface area contributed by atoms with E-state index in [1.54, 1.807) is 18.2 Å². The fraction of sp³-hybridized carbons (Fsp3) is 0.381. The minimum atomic E-state index is -4.52. The van der Waals surface area contributed by atoms with Crippen LogP contribution in [0.2, 0.25) is 0 Å². The van der Waals surface area contributed by atoms with Crippen molar-refractivity contribution in [2.75, 3.05) is 50.2 Å². The van der Waals surface area contributed by atoms with Gasteiger partial charge in [-0.2, -0.15) is 13.2 Å². The molecule has 2 aromatic rings. The molecule has 3 rings (SSSR count). The number of nitrogens with zero attached hydrogens (tertiary/aromatic N) is 1. The number of anilines is 2. The molecule has 1 fully saturated rings. The zero-order chi connectivity index (χ0) is 21.7. The second-order valence-corrected chi connectivity index (χ2v) is 6.82. The van der Waals surface area contributed by atoms with E-state index in [9.17, 15) is 18.0 Å². The molecule has 0 unspecified atom stereocenters. The van der Waals surface area contributed by atoms with E-state index in [0.29, 0.717) is 43.5 Å². The molecule has 2 aromatic carbocycles. The third-order valence-corrected chi connectivity index (χ3v) is 4.63.